The molecule has 0 radical (unpaired) electrons. The number of ether oxygens (including phenoxy) is 2. The van der Waals surface area contributed by atoms with Crippen molar-refractivity contribution in [3.8, 4) is 11.5 Å². The van der Waals surface area contributed by atoms with E-state index >= 15 is 0 Å². The molecule has 5 rings (SSSR count). The van der Waals surface area contributed by atoms with Crippen molar-refractivity contribution in [3.05, 3.63) is 65.9 Å². The SMILES string of the molecule is Cn1cc(COc2cc3c(cc2NC(=O)c2cnn4cccnc24)CC(C)(O)CO3)cn1. The van der Waals surface area contributed by atoms with Gasteiger partial charge in [-0.3, -0.25) is 9.48 Å². The molecule has 1 unspecified atom stereocenters. The second-order valence-electron chi connectivity index (χ2n) is 8.13. The van der Waals surface area contributed by atoms with E-state index < -0.39 is 5.60 Å². The van der Waals surface area contributed by atoms with Gasteiger partial charge in [0, 0.05) is 43.7 Å². The molecule has 1 aromatic carbocycles. The van der Waals surface area contributed by atoms with Gasteiger partial charge in [0.05, 0.1) is 23.7 Å². The predicted octanol–water partition coefficient (Wildman–Crippen LogP) is 1.98. The van der Waals surface area contributed by atoms with Gasteiger partial charge in [0.1, 0.15) is 30.3 Å². The first-order chi connectivity index (χ1) is 15.4. The molecule has 4 heterocycles. The monoisotopic (exact) mass is 434 g/mol. The molecule has 4 aromatic rings. The molecule has 32 heavy (non-hydrogen) atoms. The molecule has 0 aliphatic carbocycles. The zero-order chi connectivity index (χ0) is 22.3. The number of carbonyl (C=O) groups is 1. The maximum Gasteiger partial charge on any atom is 0.261 e. The smallest absolute Gasteiger partial charge is 0.261 e. The minimum atomic E-state index is -0.987. The molecule has 0 saturated carbocycles. The second kappa shape index (κ2) is 7.65. The number of nitrogens with one attached hydrogen (secondary N) is 1. The Hall–Kier alpha value is -3.92. The van der Waals surface area contributed by atoms with Crippen LogP contribution in [-0.2, 0) is 20.1 Å². The van der Waals surface area contributed by atoms with Crippen LogP contribution in [0.25, 0.3) is 5.65 Å². The Morgan fingerprint density at radius 1 is 1.34 bits per heavy atom. The number of benzene rings is 1. The fraction of sp³-hybridized carbons (Fsp3) is 0.273. The zero-order valence-electron chi connectivity index (χ0n) is 17.6. The van der Waals surface area contributed by atoms with Crippen LogP contribution in [0.2, 0.25) is 0 Å². The van der Waals surface area contributed by atoms with E-state index in [1.165, 1.54) is 10.7 Å². The third kappa shape index (κ3) is 3.87. The molecule has 10 heteroatoms. The minimum absolute atomic E-state index is 0.182. The highest BCUT2D eigenvalue weighted by atomic mass is 16.5. The van der Waals surface area contributed by atoms with Crippen molar-refractivity contribution in [2.45, 2.75) is 25.6 Å². The van der Waals surface area contributed by atoms with Gasteiger partial charge in [-0.15, -0.1) is 0 Å². The normalized spacial score (nSPS) is 17.6. The van der Waals surface area contributed by atoms with Crippen molar-refractivity contribution in [1.29, 1.82) is 0 Å². The van der Waals surface area contributed by atoms with Gasteiger partial charge in [-0.25, -0.2) is 9.50 Å². The number of hydrogen-bond acceptors (Lipinski definition) is 7. The third-order valence-electron chi connectivity index (χ3n) is 5.20. The van der Waals surface area contributed by atoms with Gasteiger partial charge in [-0.1, -0.05) is 0 Å². The van der Waals surface area contributed by atoms with E-state index in [-0.39, 0.29) is 19.1 Å². The molecule has 0 saturated heterocycles. The molecule has 1 amide bonds. The summed E-state index contributed by atoms with van der Waals surface area (Å²) in [6.45, 7) is 2.17. The summed E-state index contributed by atoms with van der Waals surface area (Å²) < 4.78 is 15.0. The summed E-state index contributed by atoms with van der Waals surface area (Å²) in [5, 5.41) is 21.6. The predicted molar refractivity (Wildman–Crippen MR) is 115 cm³/mol. The van der Waals surface area contributed by atoms with Crippen LogP contribution in [0.15, 0.2) is 49.2 Å². The first kappa shape index (κ1) is 20.0. The molecule has 1 aliphatic rings. The van der Waals surface area contributed by atoms with E-state index in [0.29, 0.717) is 34.8 Å². The molecule has 2 N–H and O–H groups in total. The Kier molecular flexibility index (Phi) is 4.78. The fourth-order valence-corrected chi connectivity index (χ4v) is 3.67. The van der Waals surface area contributed by atoms with Crippen LogP contribution >= 0.6 is 0 Å². The van der Waals surface area contributed by atoms with E-state index in [4.69, 9.17) is 9.47 Å². The maximum atomic E-state index is 13.1. The molecule has 10 nitrogen and oxygen atoms in total. The summed E-state index contributed by atoms with van der Waals surface area (Å²) in [5.41, 5.74) is 1.94. The number of fused-ring (bicyclic) bond motifs is 2. The Bertz CT molecular complexity index is 1310. The Morgan fingerprint density at radius 3 is 3.03 bits per heavy atom. The van der Waals surface area contributed by atoms with Crippen LogP contribution < -0.4 is 14.8 Å². The number of carbonyl (C=O) groups excluding carboxylic acids is 1. The highest BCUT2D eigenvalue weighted by molar-refractivity contribution is 6.08. The van der Waals surface area contributed by atoms with Crippen LogP contribution in [0, 0.1) is 0 Å². The quantitative estimate of drug-likeness (QED) is 0.493. The summed E-state index contributed by atoms with van der Waals surface area (Å²) in [7, 11) is 1.83. The number of anilines is 1. The van der Waals surface area contributed by atoms with Crippen molar-refractivity contribution >= 4 is 17.2 Å². The van der Waals surface area contributed by atoms with Gasteiger partial charge in [0.2, 0.25) is 0 Å². The van der Waals surface area contributed by atoms with Crippen LogP contribution in [0.5, 0.6) is 11.5 Å². The van der Waals surface area contributed by atoms with Gasteiger partial charge in [0.15, 0.2) is 5.65 Å². The van der Waals surface area contributed by atoms with Crippen LogP contribution in [0.4, 0.5) is 5.69 Å². The number of aliphatic hydroxyl groups is 1. The lowest BCUT2D eigenvalue weighted by Crippen LogP contribution is -2.38. The highest BCUT2D eigenvalue weighted by Gasteiger charge is 2.30. The zero-order valence-corrected chi connectivity index (χ0v) is 17.6. The van der Waals surface area contributed by atoms with Gasteiger partial charge in [-0.05, 0) is 24.6 Å². The third-order valence-corrected chi connectivity index (χ3v) is 5.20. The fourth-order valence-electron chi connectivity index (χ4n) is 3.67. The van der Waals surface area contributed by atoms with Crippen molar-refractivity contribution in [2.75, 3.05) is 11.9 Å². The summed E-state index contributed by atoms with van der Waals surface area (Å²) in [4.78, 5) is 17.3. The van der Waals surface area contributed by atoms with E-state index in [0.717, 1.165) is 11.1 Å². The Morgan fingerprint density at radius 2 is 2.22 bits per heavy atom. The van der Waals surface area contributed by atoms with Crippen molar-refractivity contribution < 1.29 is 19.4 Å². The molecule has 3 aromatic heterocycles. The lowest BCUT2D eigenvalue weighted by Gasteiger charge is -2.31. The Labute approximate surface area is 183 Å². The largest absolute Gasteiger partial charge is 0.490 e. The molecular formula is C22H22N6O4. The van der Waals surface area contributed by atoms with Gasteiger partial charge >= 0.3 is 0 Å². The van der Waals surface area contributed by atoms with E-state index in [2.05, 4.69) is 20.5 Å². The number of aryl methyl sites for hydroxylation is 1. The van der Waals surface area contributed by atoms with Crippen LogP contribution in [0.3, 0.4) is 0 Å². The molecule has 1 aliphatic heterocycles. The van der Waals surface area contributed by atoms with Gasteiger partial charge < -0.3 is 19.9 Å². The highest BCUT2D eigenvalue weighted by Crippen LogP contribution is 2.38. The number of nitrogens with zero attached hydrogens (tertiary/aromatic N) is 5. The summed E-state index contributed by atoms with van der Waals surface area (Å²) in [6, 6.07) is 5.25. The number of hydrogen-bond donors (Lipinski definition) is 2. The summed E-state index contributed by atoms with van der Waals surface area (Å²) in [5.74, 6) is 0.702. The summed E-state index contributed by atoms with van der Waals surface area (Å²) >= 11 is 0. The first-order valence-corrected chi connectivity index (χ1v) is 10.1. The van der Waals surface area contributed by atoms with Gasteiger partial charge in [0.25, 0.3) is 5.91 Å². The first-order valence-electron chi connectivity index (χ1n) is 10.1. The maximum absolute atomic E-state index is 13.1. The summed E-state index contributed by atoms with van der Waals surface area (Å²) in [6.07, 6.45) is 8.77. The average Bonchev–Trinajstić information content (AvgIpc) is 3.37. The molecule has 0 fully saturated rings. The lowest BCUT2D eigenvalue weighted by molar-refractivity contribution is -0.000718. The van der Waals surface area contributed by atoms with Crippen molar-refractivity contribution in [1.82, 2.24) is 24.4 Å². The Balaban J connectivity index is 1.47. The number of rotatable bonds is 5. The molecular weight excluding hydrogens is 412 g/mol. The second-order valence-corrected chi connectivity index (χ2v) is 8.13. The van der Waals surface area contributed by atoms with Crippen molar-refractivity contribution in [3.63, 3.8) is 0 Å². The lowest BCUT2D eigenvalue weighted by atomic mass is 9.93. The minimum Gasteiger partial charge on any atom is -0.490 e. The number of amides is 1. The van der Waals surface area contributed by atoms with E-state index in [1.807, 2.05) is 13.2 Å². The topological polar surface area (TPSA) is 116 Å². The van der Waals surface area contributed by atoms with E-state index in [1.54, 1.807) is 48.4 Å². The van der Waals surface area contributed by atoms with Crippen LogP contribution in [-0.4, -0.2) is 47.6 Å². The number of aromatic nitrogens is 5. The molecule has 1 atom stereocenters. The molecule has 0 bridgehead atoms. The van der Waals surface area contributed by atoms with E-state index in [9.17, 15) is 9.90 Å². The molecule has 164 valence electrons. The molecule has 0 spiro atoms. The van der Waals surface area contributed by atoms with Gasteiger partial charge in [-0.2, -0.15) is 10.2 Å². The average molecular weight is 434 g/mol. The van der Waals surface area contributed by atoms with Crippen LogP contribution in [0.1, 0.15) is 28.4 Å². The standard InChI is InChI=1S/C22H22N6O4/c1-22(30)8-15-6-17(26-21(29)16-10-25-28-5-3-4-23-20(16)28)19(7-18(15)32-13-22)31-12-14-9-24-27(2)11-14/h3-7,9-11,30H,8,12-13H2,1-2H3,(H,26,29). The van der Waals surface area contributed by atoms with Crippen molar-refractivity contribution in [2.24, 2.45) is 7.05 Å².